The van der Waals surface area contributed by atoms with Crippen LogP contribution in [0, 0.1) is 11.7 Å². The van der Waals surface area contributed by atoms with Gasteiger partial charge in [-0.3, -0.25) is 4.79 Å². The Morgan fingerprint density at radius 3 is 2.76 bits per heavy atom. The van der Waals surface area contributed by atoms with E-state index in [1.807, 2.05) is 0 Å². The molecule has 17 heavy (non-hydrogen) atoms. The van der Waals surface area contributed by atoms with Crippen molar-refractivity contribution in [2.24, 2.45) is 11.7 Å². The Hall–Kier alpha value is -0.450. The maximum absolute atomic E-state index is 13.8. The van der Waals surface area contributed by atoms with Crippen molar-refractivity contribution in [1.82, 2.24) is 0 Å². The number of hydrogen-bond donors (Lipinski definition) is 1. The molecule has 0 heterocycles. The van der Waals surface area contributed by atoms with Gasteiger partial charge in [0.1, 0.15) is 0 Å². The number of rotatable bonds is 2. The highest BCUT2D eigenvalue weighted by Gasteiger charge is 2.30. The molecule has 0 aromatic heterocycles. The van der Waals surface area contributed by atoms with Crippen LogP contribution >= 0.6 is 27.5 Å². The second-order valence-electron chi connectivity index (χ2n) is 4.36. The van der Waals surface area contributed by atoms with Crippen LogP contribution in [0.4, 0.5) is 4.39 Å². The van der Waals surface area contributed by atoms with Gasteiger partial charge in [-0.2, -0.15) is 0 Å². The molecule has 0 aliphatic heterocycles. The minimum Gasteiger partial charge on any atom is -0.328 e. The number of carbonyl (C=O) groups is 1. The second kappa shape index (κ2) is 5.04. The maximum atomic E-state index is 13.8. The lowest BCUT2D eigenvalue weighted by Crippen LogP contribution is -2.18. The van der Waals surface area contributed by atoms with E-state index in [0.29, 0.717) is 10.9 Å². The molecule has 2 unspecified atom stereocenters. The second-order valence-corrected chi connectivity index (χ2v) is 5.59. The number of Topliss-reactive ketones (excluding diaryl/α,β-unsaturated/α-hetero) is 1. The molecule has 0 saturated heterocycles. The van der Waals surface area contributed by atoms with Gasteiger partial charge in [-0.05, 0) is 47.3 Å². The van der Waals surface area contributed by atoms with Crippen molar-refractivity contribution in [2.75, 3.05) is 0 Å². The summed E-state index contributed by atoms with van der Waals surface area (Å²) in [5, 5.41) is -0.0434. The molecule has 2 atom stereocenters. The Morgan fingerprint density at radius 1 is 1.47 bits per heavy atom. The minimum absolute atomic E-state index is 0.0434. The van der Waals surface area contributed by atoms with Gasteiger partial charge in [0.2, 0.25) is 0 Å². The summed E-state index contributed by atoms with van der Waals surface area (Å²) in [6.45, 7) is 0. The fourth-order valence-electron chi connectivity index (χ4n) is 2.19. The van der Waals surface area contributed by atoms with Gasteiger partial charge < -0.3 is 5.73 Å². The molecule has 1 aliphatic rings. The Labute approximate surface area is 112 Å². The molecule has 0 amide bonds. The van der Waals surface area contributed by atoms with Crippen LogP contribution in [0.2, 0.25) is 5.02 Å². The third kappa shape index (κ3) is 2.54. The highest BCUT2D eigenvalue weighted by atomic mass is 79.9. The minimum atomic E-state index is -0.647. The van der Waals surface area contributed by atoms with Gasteiger partial charge in [-0.25, -0.2) is 4.39 Å². The quantitative estimate of drug-likeness (QED) is 0.669. The van der Waals surface area contributed by atoms with Crippen LogP contribution in [0.15, 0.2) is 16.6 Å². The molecular weight excluding hydrogens is 308 g/mol. The lowest BCUT2D eigenvalue weighted by Gasteiger charge is -2.10. The van der Waals surface area contributed by atoms with E-state index in [-0.39, 0.29) is 28.3 Å². The zero-order chi connectivity index (χ0) is 12.6. The number of ketones is 1. The average molecular weight is 321 g/mol. The van der Waals surface area contributed by atoms with Gasteiger partial charge in [0.15, 0.2) is 11.6 Å². The molecule has 0 spiro atoms. The molecule has 1 aliphatic carbocycles. The third-order valence-corrected chi connectivity index (χ3v) is 4.40. The fourth-order valence-corrected chi connectivity index (χ4v) is 2.66. The van der Waals surface area contributed by atoms with Crippen molar-refractivity contribution in [3.8, 4) is 0 Å². The summed E-state index contributed by atoms with van der Waals surface area (Å²) in [4.78, 5) is 12.1. The predicted octanol–water partition coefficient (Wildman–Crippen LogP) is 3.55. The molecule has 1 aromatic rings. The lowest BCUT2D eigenvalue weighted by molar-refractivity contribution is 0.0917. The fraction of sp³-hybridized carbons (Fsp3) is 0.417. The van der Waals surface area contributed by atoms with E-state index in [0.717, 1.165) is 12.8 Å². The smallest absolute Gasteiger partial charge is 0.169 e. The van der Waals surface area contributed by atoms with Gasteiger partial charge in [0.05, 0.1) is 10.6 Å². The van der Waals surface area contributed by atoms with Crippen molar-refractivity contribution in [2.45, 2.75) is 25.3 Å². The highest BCUT2D eigenvalue weighted by Crippen LogP contribution is 2.32. The van der Waals surface area contributed by atoms with Gasteiger partial charge in [-0.1, -0.05) is 11.6 Å². The first kappa shape index (κ1) is 13.0. The van der Waals surface area contributed by atoms with E-state index in [9.17, 15) is 9.18 Å². The van der Waals surface area contributed by atoms with E-state index in [1.165, 1.54) is 6.07 Å². The van der Waals surface area contributed by atoms with Crippen LogP contribution in [0.5, 0.6) is 0 Å². The number of halogens is 3. The molecule has 2 rings (SSSR count). The van der Waals surface area contributed by atoms with E-state index in [2.05, 4.69) is 15.9 Å². The summed E-state index contributed by atoms with van der Waals surface area (Å²) >= 11 is 8.88. The van der Waals surface area contributed by atoms with Crippen molar-refractivity contribution < 1.29 is 9.18 Å². The molecule has 92 valence electrons. The van der Waals surface area contributed by atoms with Crippen LogP contribution in [0.3, 0.4) is 0 Å². The SMILES string of the molecule is NC1CCC(C(=O)c2ccc(Br)c(Cl)c2F)C1. The van der Waals surface area contributed by atoms with Gasteiger partial charge >= 0.3 is 0 Å². The summed E-state index contributed by atoms with van der Waals surface area (Å²) in [5.41, 5.74) is 5.82. The predicted molar refractivity (Wildman–Crippen MR) is 68.8 cm³/mol. The van der Waals surface area contributed by atoms with Crippen molar-refractivity contribution in [1.29, 1.82) is 0 Å². The van der Waals surface area contributed by atoms with E-state index < -0.39 is 5.82 Å². The molecule has 1 fully saturated rings. The first-order valence-corrected chi connectivity index (χ1v) is 6.61. The van der Waals surface area contributed by atoms with Crippen LogP contribution in [-0.4, -0.2) is 11.8 Å². The molecule has 0 radical (unpaired) electrons. The number of benzene rings is 1. The normalized spacial score (nSPS) is 24.0. The third-order valence-electron chi connectivity index (χ3n) is 3.14. The number of carbonyl (C=O) groups excluding carboxylic acids is 1. The van der Waals surface area contributed by atoms with E-state index in [1.54, 1.807) is 6.07 Å². The molecule has 2 N–H and O–H groups in total. The molecule has 1 saturated carbocycles. The van der Waals surface area contributed by atoms with Crippen molar-refractivity contribution >= 4 is 33.3 Å². The molecule has 0 bridgehead atoms. The molecule has 5 heteroatoms. The first-order valence-electron chi connectivity index (χ1n) is 5.44. The highest BCUT2D eigenvalue weighted by molar-refractivity contribution is 9.10. The number of nitrogens with two attached hydrogens (primary N) is 1. The summed E-state index contributed by atoms with van der Waals surface area (Å²) < 4.78 is 14.3. The Morgan fingerprint density at radius 2 is 2.18 bits per heavy atom. The van der Waals surface area contributed by atoms with Crippen LogP contribution < -0.4 is 5.73 Å². The van der Waals surface area contributed by atoms with Gasteiger partial charge in [-0.15, -0.1) is 0 Å². The maximum Gasteiger partial charge on any atom is 0.169 e. The first-order chi connectivity index (χ1) is 8.00. The largest absolute Gasteiger partial charge is 0.328 e. The molecule has 1 aromatic carbocycles. The Kier molecular flexibility index (Phi) is 3.85. The van der Waals surface area contributed by atoms with E-state index >= 15 is 0 Å². The Balaban J connectivity index is 2.29. The molecular formula is C12H12BrClFNO. The van der Waals surface area contributed by atoms with Crippen LogP contribution in [0.1, 0.15) is 29.6 Å². The summed E-state index contributed by atoms with van der Waals surface area (Å²) in [7, 11) is 0. The summed E-state index contributed by atoms with van der Waals surface area (Å²) in [6.07, 6.45) is 2.18. The van der Waals surface area contributed by atoms with Gasteiger partial charge in [0, 0.05) is 16.4 Å². The zero-order valence-electron chi connectivity index (χ0n) is 9.05. The zero-order valence-corrected chi connectivity index (χ0v) is 11.4. The Bertz CT molecular complexity index is 466. The van der Waals surface area contributed by atoms with Crippen molar-refractivity contribution in [3.63, 3.8) is 0 Å². The van der Waals surface area contributed by atoms with Crippen LogP contribution in [0.25, 0.3) is 0 Å². The topological polar surface area (TPSA) is 43.1 Å². The summed E-state index contributed by atoms with van der Waals surface area (Å²) in [5.74, 6) is -1.01. The molecule has 2 nitrogen and oxygen atoms in total. The van der Waals surface area contributed by atoms with Gasteiger partial charge in [0.25, 0.3) is 0 Å². The number of hydrogen-bond acceptors (Lipinski definition) is 2. The van der Waals surface area contributed by atoms with E-state index in [4.69, 9.17) is 17.3 Å². The summed E-state index contributed by atoms with van der Waals surface area (Å²) in [6, 6.07) is 3.11. The monoisotopic (exact) mass is 319 g/mol. The van der Waals surface area contributed by atoms with Crippen molar-refractivity contribution in [3.05, 3.63) is 33.0 Å². The van der Waals surface area contributed by atoms with Crippen LogP contribution in [-0.2, 0) is 0 Å². The average Bonchev–Trinajstić information content (AvgIpc) is 2.72. The lowest BCUT2D eigenvalue weighted by atomic mass is 9.96. The standard InChI is InChI=1S/C12H12BrClFNO/c13-9-4-3-8(11(15)10(9)14)12(17)6-1-2-7(16)5-6/h3-4,6-7H,1-2,5,16H2.